The predicted octanol–water partition coefficient (Wildman–Crippen LogP) is 2.28. The number of aliphatic hydroxyl groups excluding tert-OH is 1. The highest BCUT2D eigenvalue weighted by Crippen LogP contribution is 2.29. The van der Waals surface area contributed by atoms with E-state index in [9.17, 15) is 5.11 Å². The first kappa shape index (κ1) is 17.9. The summed E-state index contributed by atoms with van der Waals surface area (Å²) in [7, 11) is 0. The molecule has 0 atom stereocenters. The second-order valence-corrected chi connectivity index (χ2v) is 6.22. The van der Waals surface area contributed by atoms with E-state index in [4.69, 9.17) is 10.0 Å². The van der Waals surface area contributed by atoms with Crippen LogP contribution in [-0.2, 0) is 17.2 Å². The number of nitrogens with zero attached hydrogens (tertiary/aromatic N) is 3. The third kappa shape index (κ3) is 3.87. The summed E-state index contributed by atoms with van der Waals surface area (Å²) in [5.74, 6) is 1.28. The number of unbranched alkanes of at least 4 members (excludes halogenated alkanes) is 1. The molecule has 8 heteroatoms. The summed E-state index contributed by atoms with van der Waals surface area (Å²) < 4.78 is 7.23. The number of benzene rings is 1. The number of nitrogens with two attached hydrogens (primary N) is 1. The van der Waals surface area contributed by atoms with Gasteiger partial charge in [0.1, 0.15) is 11.3 Å². The van der Waals surface area contributed by atoms with Gasteiger partial charge in [-0.15, -0.1) is 0 Å². The van der Waals surface area contributed by atoms with Crippen LogP contribution in [0.15, 0.2) is 24.3 Å². The number of hydrogen-bond acceptors (Lipinski definition) is 7. The van der Waals surface area contributed by atoms with Gasteiger partial charge in [-0.3, -0.25) is 0 Å². The van der Waals surface area contributed by atoms with Crippen molar-refractivity contribution in [2.45, 2.75) is 25.8 Å². The van der Waals surface area contributed by atoms with Crippen molar-refractivity contribution in [1.82, 2.24) is 20.0 Å². The van der Waals surface area contributed by atoms with Gasteiger partial charge in [0.25, 0.3) is 0 Å². The maximum Gasteiger partial charge on any atom is 0.152 e. The predicted molar refractivity (Wildman–Crippen MR) is 102 cm³/mol. The Labute approximate surface area is 150 Å². The summed E-state index contributed by atoms with van der Waals surface area (Å²) in [6.07, 6.45) is 4.30. The van der Waals surface area contributed by atoms with Gasteiger partial charge in [0, 0.05) is 43.2 Å². The van der Waals surface area contributed by atoms with E-state index < -0.39 is 0 Å². The number of aromatic nitrogens is 3. The first-order valence-electron chi connectivity index (χ1n) is 8.33. The molecular weight excluding hydrogens is 338 g/mol. The van der Waals surface area contributed by atoms with Crippen LogP contribution in [-0.4, -0.2) is 39.0 Å². The maximum atomic E-state index is 9.39. The van der Waals surface area contributed by atoms with E-state index in [0.29, 0.717) is 17.8 Å². The van der Waals surface area contributed by atoms with Crippen LogP contribution in [0.5, 0.6) is 0 Å². The number of nitrogens with one attached hydrogen (secondary N) is 1. The SMILES string of the molecule is CSONCCCCn1c(CCO)nc2c(N)nc3ccccc3c21. The third-order valence-electron chi connectivity index (χ3n) is 4.08. The average Bonchev–Trinajstić information content (AvgIpc) is 2.98. The van der Waals surface area contributed by atoms with Crippen LogP contribution in [0.25, 0.3) is 21.9 Å². The zero-order chi connectivity index (χ0) is 17.6. The fraction of sp³-hybridized carbons (Fsp3) is 0.412. The number of hydrogen-bond donors (Lipinski definition) is 3. The van der Waals surface area contributed by atoms with Crippen LogP contribution in [0.1, 0.15) is 18.7 Å². The van der Waals surface area contributed by atoms with Crippen molar-refractivity contribution in [3.05, 3.63) is 30.1 Å². The average molecular weight is 361 g/mol. The van der Waals surface area contributed by atoms with Crippen molar-refractivity contribution in [1.29, 1.82) is 0 Å². The normalized spacial score (nSPS) is 11.6. The second kappa shape index (κ2) is 8.48. The monoisotopic (exact) mass is 361 g/mol. The highest BCUT2D eigenvalue weighted by molar-refractivity contribution is 7.93. The molecule has 2 heterocycles. The van der Waals surface area contributed by atoms with Crippen LogP contribution in [0, 0.1) is 0 Å². The van der Waals surface area contributed by atoms with Crippen LogP contribution in [0.3, 0.4) is 0 Å². The smallest absolute Gasteiger partial charge is 0.152 e. The van der Waals surface area contributed by atoms with E-state index >= 15 is 0 Å². The van der Waals surface area contributed by atoms with Crippen molar-refractivity contribution in [3.63, 3.8) is 0 Å². The quantitative estimate of drug-likeness (QED) is 0.305. The highest BCUT2D eigenvalue weighted by Gasteiger charge is 2.16. The Morgan fingerprint density at radius 1 is 1.28 bits per heavy atom. The van der Waals surface area contributed by atoms with Gasteiger partial charge in [-0.2, -0.15) is 5.48 Å². The molecule has 0 bridgehead atoms. The summed E-state index contributed by atoms with van der Waals surface area (Å²) in [6, 6.07) is 7.94. The summed E-state index contributed by atoms with van der Waals surface area (Å²) >= 11 is 1.30. The molecule has 134 valence electrons. The lowest BCUT2D eigenvalue weighted by atomic mass is 10.2. The molecule has 25 heavy (non-hydrogen) atoms. The van der Waals surface area contributed by atoms with Crippen molar-refractivity contribution in [2.24, 2.45) is 0 Å². The Bertz CT molecular complexity index is 852. The molecular formula is C17H23N5O2S. The minimum absolute atomic E-state index is 0.0533. The van der Waals surface area contributed by atoms with Gasteiger partial charge >= 0.3 is 0 Å². The number of para-hydroxylation sites is 1. The largest absolute Gasteiger partial charge is 0.396 e. The lowest BCUT2D eigenvalue weighted by molar-refractivity contribution is 0.235. The van der Waals surface area contributed by atoms with Gasteiger partial charge < -0.3 is 15.4 Å². The summed E-state index contributed by atoms with van der Waals surface area (Å²) in [4.78, 5) is 9.11. The zero-order valence-corrected chi connectivity index (χ0v) is 15.1. The lowest BCUT2D eigenvalue weighted by Crippen LogP contribution is -2.13. The molecule has 7 nitrogen and oxygen atoms in total. The van der Waals surface area contributed by atoms with E-state index in [2.05, 4.69) is 20.0 Å². The Kier molecular flexibility index (Phi) is 6.09. The van der Waals surface area contributed by atoms with Crippen molar-refractivity contribution in [3.8, 4) is 0 Å². The van der Waals surface area contributed by atoms with Crippen molar-refractivity contribution < 1.29 is 9.39 Å². The fourth-order valence-corrected chi connectivity index (χ4v) is 3.21. The van der Waals surface area contributed by atoms with Gasteiger partial charge in [0.05, 0.1) is 17.6 Å². The van der Waals surface area contributed by atoms with Crippen LogP contribution in [0.4, 0.5) is 5.82 Å². The number of aryl methyl sites for hydroxylation is 1. The van der Waals surface area contributed by atoms with Crippen molar-refractivity contribution in [2.75, 3.05) is 25.1 Å². The van der Waals surface area contributed by atoms with E-state index in [1.807, 2.05) is 30.5 Å². The fourth-order valence-electron chi connectivity index (χ4n) is 3.00. The molecule has 0 amide bonds. The van der Waals surface area contributed by atoms with E-state index in [1.54, 1.807) is 0 Å². The molecule has 0 radical (unpaired) electrons. The van der Waals surface area contributed by atoms with E-state index in [-0.39, 0.29) is 6.61 Å². The number of imidazole rings is 1. The molecule has 0 aliphatic heterocycles. The van der Waals surface area contributed by atoms with Gasteiger partial charge in [-0.05, 0) is 18.9 Å². The van der Waals surface area contributed by atoms with Crippen molar-refractivity contribution >= 4 is 39.8 Å². The van der Waals surface area contributed by atoms with Gasteiger partial charge in [-0.1, -0.05) is 18.2 Å². The second-order valence-electron chi connectivity index (χ2n) is 5.72. The molecule has 3 aromatic rings. The molecule has 0 unspecified atom stereocenters. The Morgan fingerprint density at radius 2 is 2.12 bits per heavy atom. The molecule has 1 aromatic carbocycles. The van der Waals surface area contributed by atoms with Crippen LogP contribution >= 0.6 is 12.0 Å². The van der Waals surface area contributed by atoms with E-state index in [1.165, 1.54) is 12.0 Å². The number of aliphatic hydroxyl groups is 1. The molecule has 3 rings (SSSR count). The molecule has 4 N–H and O–H groups in total. The number of hydroxylamine groups is 1. The number of fused-ring (bicyclic) bond motifs is 3. The third-order valence-corrected chi connectivity index (χ3v) is 4.36. The Balaban J connectivity index is 1.94. The lowest BCUT2D eigenvalue weighted by Gasteiger charge is -2.10. The van der Waals surface area contributed by atoms with Gasteiger partial charge in [0.2, 0.25) is 0 Å². The zero-order valence-electron chi connectivity index (χ0n) is 14.2. The molecule has 0 saturated heterocycles. The highest BCUT2D eigenvalue weighted by atomic mass is 32.2. The van der Waals surface area contributed by atoms with Crippen LogP contribution in [0.2, 0.25) is 0 Å². The first-order chi connectivity index (χ1) is 12.3. The standard InChI is InChI=1S/C17H23N5O2S/c1-25-24-19-9-4-5-10-22-14(8-11-23)21-15-16(22)12-6-2-3-7-13(12)20-17(15)18/h2-3,6-7,19,23H,4-5,8-11H2,1H3,(H2,18,20). The van der Waals surface area contributed by atoms with Gasteiger partial charge in [0.15, 0.2) is 5.82 Å². The molecule has 2 aromatic heterocycles. The summed E-state index contributed by atoms with van der Waals surface area (Å²) in [5.41, 5.74) is 11.6. The number of nitrogen functional groups attached to an aromatic ring is 1. The van der Waals surface area contributed by atoms with Gasteiger partial charge in [-0.25, -0.2) is 14.3 Å². The number of pyridine rings is 1. The number of rotatable bonds is 9. The van der Waals surface area contributed by atoms with E-state index in [0.717, 1.165) is 48.2 Å². The summed E-state index contributed by atoms with van der Waals surface area (Å²) in [5, 5.41) is 10.4. The molecule has 0 aliphatic carbocycles. The minimum atomic E-state index is 0.0533. The van der Waals surface area contributed by atoms with Crippen LogP contribution < -0.4 is 11.2 Å². The molecule has 0 saturated carbocycles. The molecule has 0 spiro atoms. The Morgan fingerprint density at radius 3 is 2.92 bits per heavy atom. The Hall–Kier alpha value is -1.87. The molecule has 0 aliphatic rings. The minimum Gasteiger partial charge on any atom is -0.396 e. The number of anilines is 1. The topological polar surface area (TPSA) is 98.2 Å². The molecule has 0 fully saturated rings. The first-order valence-corrected chi connectivity index (χ1v) is 9.48. The summed E-state index contributed by atoms with van der Waals surface area (Å²) in [6.45, 7) is 1.64. The maximum absolute atomic E-state index is 9.39.